The van der Waals surface area contributed by atoms with Gasteiger partial charge in [-0.3, -0.25) is 4.90 Å². The van der Waals surface area contributed by atoms with Crippen LogP contribution >= 0.6 is 0 Å². The number of terminal acetylenes is 1. The van der Waals surface area contributed by atoms with Crippen LogP contribution in [-0.4, -0.2) is 41.5 Å². The Hall–Kier alpha value is -1.15. The quantitative estimate of drug-likeness (QED) is 0.659. The Kier molecular flexibility index (Phi) is 5.10. The molecule has 0 aromatic rings. The Labute approximate surface area is 81.7 Å². The summed E-state index contributed by atoms with van der Waals surface area (Å²) >= 11 is 0. The van der Waals surface area contributed by atoms with Crippen molar-refractivity contribution in [2.45, 2.75) is 19.3 Å². The number of carboxylic acid groups (broad SMARTS) is 1. The number of rotatable bonds is 6. The first-order chi connectivity index (χ1) is 6.44. The summed E-state index contributed by atoms with van der Waals surface area (Å²) < 4.78 is 25.5. The van der Waals surface area contributed by atoms with E-state index in [-0.39, 0.29) is 6.54 Å². The van der Waals surface area contributed by atoms with Gasteiger partial charge >= 0.3 is 11.9 Å². The molecule has 0 heterocycles. The lowest BCUT2D eigenvalue weighted by atomic mass is 10.3. The fourth-order valence-electron chi connectivity index (χ4n) is 1.01. The predicted molar refractivity (Wildman–Crippen MR) is 48.1 cm³/mol. The number of halogens is 2. The maximum atomic E-state index is 12.7. The SMILES string of the molecule is C#CCN(CCC)CC(F)(F)C(=O)O. The third kappa shape index (κ3) is 4.19. The monoisotopic (exact) mass is 205 g/mol. The van der Waals surface area contributed by atoms with Gasteiger partial charge in [0.1, 0.15) is 0 Å². The highest BCUT2D eigenvalue weighted by atomic mass is 19.3. The first-order valence-electron chi connectivity index (χ1n) is 4.21. The molecule has 0 rings (SSSR count). The van der Waals surface area contributed by atoms with E-state index in [1.165, 1.54) is 4.90 Å². The molecule has 0 aliphatic carbocycles. The fourth-order valence-corrected chi connectivity index (χ4v) is 1.01. The van der Waals surface area contributed by atoms with E-state index in [0.29, 0.717) is 13.0 Å². The number of aliphatic carboxylic acids is 1. The van der Waals surface area contributed by atoms with Crippen molar-refractivity contribution in [3.05, 3.63) is 0 Å². The second kappa shape index (κ2) is 5.55. The highest BCUT2D eigenvalue weighted by molar-refractivity contribution is 5.75. The number of alkyl halides is 2. The molecule has 0 spiro atoms. The average Bonchev–Trinajstić information content (AvgIpc) is 2.04. The largest absolute Gasteiger partial charge is 0.477 e. The first kappa shape index (κ1) is 12.8. The lowest BCUT2D eigenvalue weighted by Gasteiger charge is -2.22. The summed E-state index contributed by atoms with van der Waals surface area (Å²) in [6, 6.07) is 0. The number of carbonyl (C=O) groups is 1. The van der Waals surface area contributed by atoms with Crippen molar-refractivity contribution in [2.75, 3.05) is 19.6 Å². The third-order valence-corrected chi connectivity index (χ3v) is 1.59. The van der Waals surface area contributed by atoms with Crippen molar-refractivity contribution in [1.29, 1.82) is 0 Å². The first-order valence-corrected chi connectivity index (χ1v) is 4.21. The van der Waals surface area contributed by atoms with Crippen molar-refractivity contribution in [3.8, 4) is 12.3 Å². The van der Waals surface area contributed by atoms with Gasteiger partial charge in [0.05, 0.1) is 13.1 Å². The van der Waals surface area contributed by atoms with Gasteiger partial charge in [-0.1, -0.05) is 12.8 Å². The van der Waals surface area contributed by atoms with Gasteiger partial charge < -0.3 is 5.11 Å². The zero-order valence-corrected chi connectivity index (χ0v) is 7.96. The van der Waals surface area contributed by atoms with E-state index in [1.54, 1.807) is 0 Å². The number of hydrogen-bond acceptors (Lipinski definition) is 2. The van der Waals surface area contributed by atoms with E-state index in [9.17, 15) is 13.6 Å². The molecule has 3 nitrogen and oxygen atoms in total. The highest BCUT2D eigenvalue weighted by Gasteiger charge is 2.40. The van der Waals surface area contributed by atoms with Crippen molar-refractivity contribution < 1.29 is 18.7 Å². The van der Waals surface area contributed by atoms with Gasteiger partial charge in [0.25, 0.3) is 0 Å². The summed E-state index contributed by atoms with van der Waals surface area (Å²) in [5.74, 6) is -3.63. The molecule has 0 aromatic carbocycles. The van der Waals surface area contributed by atoms with E-state index < -0.39 is 18.4 Å². The molecule has 0 radical (unpaired) electrons. The van der Waals surface area contributed by atoms with Crippen molar-refractivity contribution in [3.63, 3.8) is 0 Å². The van der Waals surface area contributed by atoms with Gasteiger partial charge in [0, 0.05) is 0 Å². The van der Waals surface area contributed by atoms with E-state index in [1.807, 2.05) is 6.92 Å². The van der Waals surface area contributed by atoms with Crippen LogP contribution in [-0.2, 0) is 4.79 Å². The summed E-state index contributed by atoms with van der Waals surface area (Å²) in [5, 5.41) is 8.20. The van der Waals surface area contributed by atoms with E-state index >= 15 is 0 Å². The standard InChI is InChI=1S/C9H13F2NO2/c1-3-5-12(6-4-2)7-9(10,11)8(13)14/h1H,4-7H2,2H3,(H,13,14). The second-order valence-corrected chi connectivity index (χ2v) is 2.92. The summed E-state index contributed by atoms with van der Waals surface area (Å²) in [7, 11) is 0. The topological polar surface area (TPSA) is 40.5 Å². The number of carboxylic acids is 1. The van der Waals surface area contributed by atoms with Crippen LogP contribution in [0.1, 0.15) is 13.3 Å². The lowest BCUT2D eigenvalue weighted by molar-refractivity contribution is -0.167. The fraction of sp³-hybridized carbons (Fsp3) is 0.667. The molecule has 5 heteroatoms. The minimum absolute atomic E-state index is 0.0384. The molecule has 0 unspecified atom stereocenters. The molecule has 0 bridgehead atoms. The number of hydrogen-bond donors (Lipinski definition) is 1. The molecule has 80 valence electrons. The van der Waals surface area contributed by atoms with E-state index in [2.05, 4.69) is 5.92 Å². The molecule has 0 aliphatic rings. The second-order valence-electron chi connectivity index (χ2n) is 2.92. The van der Waals surface area contributed by atoms with E-state index in [4.69, 9.17) is 11.5 Å². The zero-order valence-electron chi connectivity index (χ0n) is 7.96. The van der Waals surface area contributed by atoms with Crippen molar-refractivity contribution >= 4 is 5.97 Å². The molecule has 0 aromatic heterocycles. The molecular weight excluding hydrogens is 192 g/mol. The van der Waals surface area contributed by atoms with Crippen LogP contribution in [0.4, 0.5) is 8.78 Å². The summed E-state index contributed by atoms with van der Waals surface area (Å²) in [5.41, 5.74) is 0. The minimum Gasteiger partial charge on any atom is -0.477 e. The van der Waals surface area contributed by atoms with Crippen LogP contribution in [0.3, 0.4) is 0 Å². The normalized spacial score (nSPS) is 11.4. The van der Waals surface area contributed by atoms with Gasteiger partial charge in [0.15, 0.2) is 0 Å². The maximum Gasteiger partial charge on any atom is 0.375 e. The Morgan fingerprint density at radius 3 is 2.57 bits per heavy atom. The molecular formula is C9H13F2NO2. The highest BCUT2D eigenvalue weighted by Crippen LogP contribution is 2.15. The molecule has 0 amide bonds. The Morgan fingerprint density at radius 1 is 1.64 bits per heavy atom. The summed E-state index contributed by atoms with van der Waals surface area (Å²) in [4.78, 5) is 11.4. The summed E-state index contributed by atoms with van der Waals surface area (Å²) in [6.45, 7) is 1.38. The van der Waals surface area contributed by atoms with Gasteiger partial charge in [-0.25, -0.2) is 4.79 Å². The molecule has 0 saturated carbocycles. The van der Waals surface area contributed by atoms with E-state index in [0.717, 1.165) is 0 Å². The molecule has 0 aliphatic heterocycles. The lowest BCUT2D eigenvalue weighted by Crippen LogP contribution is -2.42. The van der Waals surface area contributed by atoms with Crippen LogP contribution in [0.15, 0.2) is 0 Å². The third-order valence-electron chi connectivity index (χ3n) is 1.59. The molecule has 14 heavy (non-hydrogen) atoms. The molecule has 0 atom stereocenters. The van der Waals surface area contributed by atoms with Crippen LogP contribution in [0.2, 0.25) is 0 Å². The van der Waals surface area contributed by atoms with Crippen LogP contribution in [0.5, 0.6) is 0 Å². The minimum atomic E-state index is -3.73. The van der Waals surface area contributed by atoms with Crippen LogP contribution in [0, 0.1) is 12.3 Å². The van der Waals surface area contributed by atoms with Gasteiger partial charge in [-0.2, -0.15) is 8.78 Å². The Morgan fingerprint density at radius 2 is 2.21 bits per heavy atom. The zero-order chi connectivity index (χ0) is 11.2. The van der Waals surface area contributed by atoms with Crippen LogP contribution in [0.25, 0.3) is 0 Å². The maximum absolute atomic E-state index is 12.7. The number of nitrogens with zero attached hydrogens (tertiary/aromatic N) is 1. The van der Waals surface area contributed by atoms with Crippen molar-refractivity contribution in [1.82, 2.24) is 4.90 Å². The molecule has 0 fully saturated rings. The van der Waals surface area contributed by atoms with Gasteiger partial charge in [0.2, 0.25) is 0 Å². The van der Waals surface area contributed by atoms with Gasteiger partial charge in [-0.15, -0.1) is 6.42 Å². The molecule has 0 saturated heterocycles. The van der Waals surface area contributed by atoms with Crippen LogP contribution < -0.4 is 0 Å². The Bertz CT molecular complexity index is 235. The van der Waals surface area contributed by atoms with Gasteiger partial charge in [-0.05, 0) is 13.0 Å². The Balaban J connectivity index is 4.28. The molecule has 1 N–H and O–H groups in total. The summed E-state index contributed by atoms with van der Waals surface area (Å²) in [6.07, 6.45) is 5.62. The smallest absolute Gasteiger partial charge is 0.375 e. The predicted octanol–water partition coefficient (Wildman–Crippen LogP) is 1.05. The van der Waals surface area contributed by atoms with Crippen molar-refractivity contribution in [2.24, 2.45) is 0 Å². The average molecular weight is 205 g/mol.